The summed E-state index contributed by atoms with van der Waals surface area (Å²) in [7, 11) is 6.31. The summed E-state index contributed by atoms with van der Waals surface area (Å²) in [5.74, 6) is 2.17. The lowest BCUT2D eigenvalue weighted by atomic mass is 9.86. The fourth-order valence-electron chi connectivity index (χ4n) is 3.86. The van der Waals surface area contributed by atoms with Gasteiger partial charge in [0.2, 0.25) is 5.75 Å². The average Bonchev–Trinajstić information content (AvgIpc) is 3.24. The van der Waals surface area contributed by atoms with Gasteiger partial charge in [0, 0.05) is 27.5 Å². The molecule has 0 aliphatic carbocycles. The van der Waals surface area contributed by atoms with Crippen molar-refractivity contribution < 1.29 is 23.7 Å². The topological polar surface area (TPSA) is 57.2 Å². The Morgan fingerprint density at radius 1 is 0.875 bits per heavy atom. The SMILES string of the molecule is COc1ccc(C2/C(=C/c3ccc(C)s3)C(=O)N2c2cc(OC)c(OC)c(OC)c2)cc1. The predicted octanol–water partition coefficient (Wildman–Crippen LogP) is 5.26. The number of benzene rings is 2. The first kappa shape index (κ1) is 21.8. The normalized spacial score (nSPS) is 16.7. The number of β-lactam (4-membered cyclic amide) rings is 1. The minimum Gasteiger partial charge on any atom is -0.497 e. The van der Waals surface area contributed by atoms with E-state index in [1.165, 1.54) is 4.88 Å². The number of carbonyl (C=O) groups excluding carboxylic acids is 1. The second-order valence-electron chi connectivity index (χ2n) is 7.28. The number of hydrogen-bond donors (Lipinski definition) is 0. The second-order valence-corrected chi connectivity index (χ2v) is 8.60. The summed E-state index contributed by atoms with van der Waals surface area (Å²) in [5, 5.41) is 0. The van der Waals surface area contributed by atoms with Crippen molar-refractivity contribution in [3.63, 3.8) is 0 Å². The molecular formula is C25H25NO5S. The van der Waals surface area contributed by atoms with Crippen LogP contribution in [0.5, 0.6) is 23.0 Å². The molecule has 1 saturated heterocycles. The first-order chi connectivity index (χ1) is 15.5. The molecule has 1 atom stereocenters. The Bertz CT molecular complexity index is 1140. The first-order valence-electron chi connectivity index (χ1n) is 10.1. The zero-order valence-corrected chi connectivity index (χ0v) is 19.5. The van der Waals surface area contributed by atoms with Gasteiger partial charge in [0.15, 0.2) is 11.5 Å². The van der Waals surface area contributed by atoms with E-state index in [1.807, 2.05) is 36.4 Å². The van der Waals surface area contributed by atoms with Crippen molar-refractivity contribution in [3.8, 4) is 23.0 Å². The molecule has 4 rings (SSSR count). The molecule has 0 spiro atoms. The van der Waals surface area contributed by atoms with E-state index in [9.17, 15) is 4.79 Å². The molecule has 7 heteroatoms. The van der Waals surface area contributed by atoms with Crippen LogP contribution in [0, 0.1) is 6.92 Å². The highest BCUT2D eigenvalue weighted by molar-refractivity contribution is 7.12. The van der Waals surface area contributed by atoms with Crippen LogP contribution in [0.1, 0.15) is 21.4 Å². The quantitative estimate of drug-likeness (QED) is 0.362. The molecule has 2 aromatic carbocycles. The van der Waals surface area contributed by atoms with Crippen molar-refractivity contribution in [1.82, 2.24) is 0 Å². The molecule has 6 nitrogen and oxygen atoms in total. The lowest BCUT2D eigenvalue weighted by Crippen LogP contribution is -2.49. The van der Waals surface area contributed by atoms with E-state index in [0.717, 1.165) is 21.8 Å². The van der Waals surface area contributed by atoms with Gasteiger partial charge in [-0.15, -0.1) is 11.3 Å². The van der Waals surface area contributed by atoms with Gasteiger partial charge < -0.3 is 18.9 Å². The van der Waals surface area contributed by atoms with Gasteiger partial charge in [-0.05, 0) is 42.8 Å². The third kappa shape index (κ3) is 3.80. The van der Waals surface area contributed by atoms with Gasteiger partial charge in [-0.2, -0.15) is 0 Å². The van der Waals surface area contributed by atoms with Crippen LogP contribution in [-0.2, 0) is 4.79 Å². The lowest BCUT2D eigenvalue weighted by molar-refractivity contribution is -0.118. The molecule has 1 fully saturated rings. The van der Waals surface area contributed by atoms with Crippen LogP contribution < -0.4 is 23.8 Å². The van der Waals surface area contributed by atoms with Gasteiger partial charge in [-0.1, -0.05) is 12.1 Å². The monoisotopic (exact) mass is 451 g/mol. The van der Waals surface area contributed by atoms with Crippen molar-refractivity contribution in [2.24, 2.45) is 0 Å². The van der Waals surface area contributed by atoms with E-state index in [0.29, 0.717) is 22.9 Å². The first-order valence-corrected chi connectivity index (χ1v) is 10.9. The van der Waals surface area contributed by atoms with Gasteiger partial charge in [0.1, 0.15) is 5.75 Å². The molecule has 32 heavy (non-hydrogen) atoms. The Morgan fingerprint density at radius 3 is 2.03 bits per heavy atom. The standard InChI is InChI=1S/C25H25NO5S/c1-15-6-11-19(32-15)14-20-23(16-7-9-18(28-2)10-8-16)26(25(20)27)17-12-21(29-3)24(31-5)22(13-17)30-4/h6-14,23H,1-5H3/b20-14-. The van der Waals surface area contributed by atoms with Crippen molar-refractivity contribution in [1.29, 1.82) is 0 Å². The van der Waals surface area contributed by atoms with Crippen molar-refractivity contribution in [2.75, 3.05) is 33.3 Å². The van der Waals surface area contributed by atoms with Gasteiger partial charge in [0.25, 0.3) is 5.91 Å². The Balaban J connectivity index is 1.81. The minimum absolute atomic E-state index is 0.0638. The van der Waals surface area contributed by atoms with Crippen LogP contribution in [0.2, 0.25) is 0 Å². The Hall–Kier alpha value is -3.45. The number of ether oxygens (including phenoxy) is 4. The molecule has 3 aromatic rings. The van der Waals surface area contributed by atoms with Gasteiger partial charge in [-0.3, -0.25) is 9.69 Å². The summed E-state index contributed by atoms with van der Waals surface area (Å²) in [6.07, 6.45) is 1.98. The molecule has 2 heterocycles. The highest BCUT2D eigenvalue weighted by atomic mass is 32.1. The maximum atomic E-state index is 13.4. The summed E-state index contributed by atoms with van der Waals surface area (Å²) < 4.78 is 21.7. The zero-order valence-electron chi connectivity index (χ0n) is 18.7. The number of carbonyl (C=O) groups is 1. The van der Waals surface area contributed by atoms with Crippen LogP contribution in [-0.4, -0.2) is 34.3 Å². The molecule has 1 unspecified atom stereocenters. The largest absolute Gasteiger partial charge is 0.497 e. The van der Waals surface area contributed by atoms with E-state index < -0.39 is 0 Å². The number of amides is 1. The number of aryl methyl sites for hydroxylation is 1. The smallest absolute Gasteiger partial charge is 0.257 e. The number of hydrogen-bond acceptors (Lipinski definition) is 6. The number of nitrogens with zero attached hydrogens (tertiary/aromatic N) is 1. The van der Waals surface area contributed by atoms with Crippen molar-refractivity contribution in [2.45, 2.75) is 13.0 Å². The third-order valence-corrected chi connectivity index (χ3v) is 6.38. The number of methoxy groups -OCH3 is 4. The van der Waals surface area contributed by atoms with Gasteiger partial charge in [0.05, 0.1) is 40.2 Å². The number of thiophene rings is 1. The van der Waals surface area contributed by atoms with Crippen LogP contribution in [0.25, 0.3) is 6.08 Å². The summed E-state index contributed by atoms with van der Waals surface area (Å²) in [5.41, 5.74) is 2.38. The predicted molar refractivity (Wildman–Crippen MR) is 126 cm³/mol. The summed E-state index contributed by atoms with van der Waals surface area (Å²) in [4.78, 5) is 17.4. The lowest BCUT2D eigenvalue weighted by Gasteiger charge is -2.43. The maximum absolute atomic E-state index is 13.4. The molecule has 1 aromatic heterocycles. The average molecular weight is 452 g/mol. The Kier molecular flexibility index (Phi) is 6.10. The van der Waals surface area contributed by atoms with Gasteiger partial charge >= 0.3 is 0 Å². The number of rotatable bonds is 7. The number of anilines is 1. The molecule has 0 N–H and O–H groups in total. The fraction of sp³-hybridized carbons (Fsp3) is 0.240. The van der Waals surface area contributed by atoms with Crippen LogP contribution in [0.15, 0.2) is 54.1 Å². The maximum Gasteiger partial charge on any atom is 0.257 e. The molecule has 166 valence electrons. The summed E-state index contributed by atoms with van der Waals surface area (Å²) in [6.45, 7) is 2.05. The minimum atomic E-state index is -0.251. The second kappa shape index (κ2) is 8.96. The molecule has 1 aliphatic rings. The Labute approximate surface area is 191 Å². The molecule has 1 aliphatic heterocycles. The molecule has 0 saturated carbocycles. The van der Waals surface area contributed by atoms with E-state index in [-0.39, 0.29) is 11.9 Å². The van der Waals surface area contributed by atoms with E-state index in [4.69, 9.17) is 18.9 Å². The van der Waals surface area contributed by atoms with Crippen LogP contribution in [0.3, 0.4) is 0 Å². The van der Waals surface area contributed by atoms with E-state index >= 15 is 0 Å². The van der Waals surface area contributed by atoms with E-state index in [1.54, 1.807) is 56.8 Å². The summed E-state index contributed by atoms with van der Waals surface area (Å²) in [6, 6.07) is 15.2. The molecular weight excluding hydrogens is 426 g/mol. The van der Waals surface area contributed by atoms with Crippen molar-refractivity contribution in [3.05, 3.63) is 69.4 Å². The van der Waals surface area contributed by atoms with Gasteiger partial charge in [-0.25, -0.2) is 0 Å². The van der Waals surface area contributed by atoms with E-state index in [2.05, 4.69) is 13.0 Å². The van der Waals surface area contributed by atoms with Crippen LogP contribution >= 0.6 is 11.3 Å². The van der Waals surface area contributed by atoms with Crippen molar-refractivity contribution >= 4 is 29.0 Å². The molecule has 0 bridgehead atoms. The third-order valence-electron chi connectivity index (χ3n) is 5.44. The zero-order chi connectivity index (χ0) is 22.8. The molecule has 0 radical (unpaired) electrons. The fourth-order valence-corrected chi connectivity index (χ4v) is 4.69. The highest BCUT2D eigenvalue weighted by Gasteiger charge is 2.44. The van der Waals surface area contributed by atoms with Crippen LogP contribution in [0.4, 0.5) is 5.69 Å². The Morgan fingerprint density at radius 2 is 1.53 bits per heavy atom. The highest BCUT2D eigenvalue weighted by Crippen LogP contribution is 2.49. The molecule has 1 amide bonds. The summed E-state index contributed by atoms with van der Waals surface area (Å²) >= 11 is 1.66.